The number of fused-ring (bicyclic) bond motifs is 1. The number of ether oxygens (including phenoxy) is 1. The second-order valence-corrected chi connectivity index (χ2v) is 9.93. The fourth-order valence-electron chi connectivity index (χ4n) is 3.85. The van der Waals surface area contributed by atoms with E-state index in [1.165, 1.54) is 5.56 Å². The Kier molecular flexibility index (Phi) is 8.26. The van der Waals surface area contributed by atoms with Crippen molar-refractivity contribution in [3.63, 3.8) is 0 Å². The third-order valence-corrected chi connectivity index (χ3v) is 6.67. The molecule has 7 nitrogen and oxygen atoms in total. The number of hydrogen-bond donors (Lipinski definition) is 2. The van der Waals surface area contributed by atoms with E-state index in [1.807, 2.05) is 18.2 Å². The quantitative estimate of drug-likeness (QED) is 0.431. The third-order valence-electron chi connectivity index (χ3n) is 5.34. The van der Waals surface area contributed by atoms with E-state index >= 15 is 0 Å². The van der Waals surface area contributed by atoms with E-state index in [9.17, 15) is 21.6 Å². The summed E-state index contributed by atoms with van der Waals surface area (Å²) in [7, 11) is -3.42. The number of halogens is 5. The number of carboxylic acids is 1. The highest BCUT2D eigenvalue weighted by Crippen LogP contribution is 2.68. The molecule has 1 aliphatic heterocycles. The zero-order valence-electron chi connectivity index (χ0n) is 16.5. The van der Waals surface area contributed by atoms with Gasteiger partial charge in [-0.1, -0.05) is 29.3 Å². The highest BCUT2D eigenvalue weighted by atomic mass is 35.5. The molecule has 2 N–H and O–H groups in total. The molecule has 1 heterocycles. The van der Waals surface area contributed by atoms with Crippen LogP contribution in [0.3, 0.4) is 0 Å². The number of aliphatic carboxylic acids is 1. The fraction of sp³-hybridized carbons (Fsp3) is 0.611. The Morgan fingerprint density at radius 3 is 2.45 bits per heavy atom. The van der Waals surface area contributed by atoms with Gasteiger partial charge >= 0.3 is 12.1 Å². The van der Waals surface area contributed by atoms with E-state index in [2.05, 4.69) is 5.32 Å². The summed E-state index contributed by atoms with van der Waals surface area (Å²) >= 11 is 12.2. The molecule has 13 heteroatoms. The third kappa shape index (κ3) is 6.69. The molecule has 2 aliphatic rings. The first-order valence-corrected chi connectivity index (χ1v) is 11.7. The lowest BCUT2D eigenvalue weighted by atomic mass is 9.81. The van der Waals surface area contributed by atoms with Gasteiger partial charge in [0.05, 0.1) is 36.1 Å². The minimum Gasteiger partial charge on any atom is -0.475 e. The lowest BCUT2D eigenvalue weighted by Gasteiger charge is -2.32. The maximum absolute atomic E-state index is 11.0. The number of rotatable bonds is 7. The Labute approximate surface area is 187 Å². The molecule has 1 aliphatic carbocycles. The predicted molar refractivity (Wildman–Crippen MR) is 108 cm³/mol. The van der Waals surface area contributed by atoms with E-state index in [-0.39, 0.29) is 24.0 Å². The van der Waals surface area contributed by atoms with Crippen LogP contribution in [-0.2, 0) is 29.2 Å². The summed E-state index contributed by atoms with van der Waals surface area (Å²) < 4.78 is 64.1. The van der Waals surface area contributed by atoms with E-state index in [4.69, 9.17) is 42.0 Å². The van der Waals surface area contributed by atoms with Crippen LogP contribution in [-0.4, -0.2) is 64.8 Å². The molecule has 1 aromatic rings. The Bertz CT molecular complexity index is 914. The lowest BCUT2D eigenvalue weighted by Crippen LogP contribution is -2.41. The van der Waals surface area contributed by atoms with Gasteiger partial charge in [0.15, 0.2) is 0 Å². The Morgan fingerprint density at radius 2 is 1.90 bits per heavy atom. The van der Waals surface area contributed by atoms with Crippen LogP contribution in [0.2, 0.25) is 10.0 Å². The molecule has 0 radical (unpaired) electrons. The Morgan fingerprint density at radius 1 is 1.26 bits per heavy atom. The molecule has 0 amide bonds. The summed E-state index contributed by atoms with van der Waals surface area (Å²) in [4.78, 5) is 8.90. The number of carbonyl (C=O) groups is 1. The van der Waals surface area contributed by atoms with E-state index in [0.29, 0.717) is 16.7 Å². The number of carboxylic acid groups (broad SMARTS) is 1. The Balaban J connectivity index is 0.000000423. The first kappa shape index (κ1) is 26.1. The van der Waals surface area contributed by atoms with Crippen LogP contribution in [0.4, 0.5) is 13.2 Å². The summed E-state index contributed by atoms with van der Waals surface area (Å²) in [5.41, 5.74) is 1.28. The van der Waals surface area contributed by atoms with Crippen LogP contribution in [0.1, 0.15) is 18.4 Å². The van der Waals surface area contributed by atoms with Crippen LogP contribution >= 0.6 is 23.2 Å². The minimum atomic E-state index is -5.08. The second-order valence-electron chi connectivity index (χ2n) is 7.48. The van der Waals surface area contributed by atoms with Gasteiger partial charge in [-0.25, -0.2) is 4.79 Å². The van der Waals surface area contributed by atoms with Gasteiger partial charge in [0.2, 0.25) is 0 Å². The van der Waals surface area contributed by atoms with Crippen LogP contribution in [0.25, 0.3) is 0 Å². The zero-order chi connectivity index (χ0) is 23.5. The van der Waals surface area contributed by atoms with Crippen molar-refractivity contribution in [2.75, 3.05) is 39.2 Å². The average Bonchev–Trinajstić information content (AvgIpc) is 3.33. The summed E-state index contributed by atoms with van der Waals surface area (Å²) in [6.07, 6.45) is -2.00. The van der Waals surface area contributed by atoms with Crippen LogP contribution < -0.4 is 5.32 Å². The zero-order valence-corrected chi connectivity index (χ0v) is 18.8. The molecule has 2 unspecified atom stereocenters. The minimum absolute atomic E-state index is 0.0213. The molecule has 2 atom stereocenters. The van der Waals surface area contributed by atoms with E-state index in [0.717, 1.165) is 32.2 Å². The maximum atomic E-state index is 11.0. The van der Waals surface area contributed by atoms with Crippen molar-refractivity contribution in [3.8, 4) is 0 Å². The van der Waals surface area contributed by atoms with Crippen molar-refractivity contribution in [3.05, 3.63) is 33.8 Å². The molecular weight excluding hydrogens is 486 g/mol. The van der Waals surface area contributed by atoms with Crippen LogP contribution in [0, 0.1) is 5.41 Å². The van der Waals surface area contributed by atoms with Crippen LogP contribution in [0.15, 0.2) is 18.2 Å². The summed E-state index contributed by atoms with van der Waals surface area (Å²) in [5.74, 6) is -2.76. The smallest absolute Gasteiger partial charge is 0.475 e. The van der Waals surface area contributed by atoms with Crippen molar-refractivity contribution >= 4 is 39.3 Å². The largest absolute Gasteiger partial charge is 0.490 e. The fourth-order valence-corrected chi connectivity index (χ4v) is 4.52. The molecule has 3 rings (SSSR count). The van der Waals surface area contributed by atoms with Gasteiger partial charge in [-0.2, -0.15) is 21.6 Å². The number of hydrogen-bond acceptors (Lipinski definition) is 6. The normalized spacial score (nSPS) is 25.2. The topological polar surface area (TPSA) is 102 Å². The SMILES string of the molecule is CS(=O)(=O)OCCOCC12CNCCC1(c1ccc(Cl)c(Cl)c1)C2.O=C(O)C(F)(F)F. The molecule has 31 heavy (non-hydrogen) atoms. The summed E-state index contributed by atoms with van der Waals surface area (Å²) in [6.45, 7) is 2.70. The van der Waals surface area contributed by atoms with Crippen molar-refractivity contribution in [2.24, 2.45) is 5.41 Å². The molecular formula is C18H22Cl2F3NO6S. The molecule has 176 valence electrons. The van der Waals surface area contributed by atoms with Gasteiger partial charge in [0.25, 0.3) is 10.1 Å². The molecule has 0 aromatic heterocycles. The summed E-state index contributed by atoms with van der Waals surface area (Å²) in [6, 6.07) is 5.86. The van der Waals surface area contributed by atoms with Gasteiger partial charge in [-0.3, -0.25) is 4.18 Å². The van der Waals surface area contributed by atoms with Gasteiger partial charge in [0.1, 0.15) is 0 Å². The van der Waals surface area contributed by atoms with Crippen molar-refractivity contribution < 1.29 is 40.4 Å². The molecule has 0 spiro atoms. The molecule has 0 bridgehead atoms. The number of nitrogens with one attached hydrogen (secondary N) is 1. The number of benzene rings is 1. The van der Waals surface area contributed by atoms with E-state index in [1.54, 1.807) is 0 Å². The summed E-state index contributed by atoms with van der Waals surface area (Å²) in [5, 5.41) is 11.7. The maximum Gasteiger partial charge on any atom is 0.490 e. The molecule has 1 saturated carbocycles. The highest BCUT2D eigenvalue weighted by molar-refractivity contribution is 7.85. The first-order chi connectivity index (χ1) is 14.2. The van der Waals surface area contributed by atoms with Crippen molar-refractivity contribution in [1.29, 1.82) is 0 Å². The van der Waals surface area contributed by atoms with Crippen molar-refractivity contribution in [1.82, 2.24) is 5.32 Å². The average molecular weight is 508 g/mol. The van der Waals surface area contributed by atoms with Gasteiger partial charge in [0, 0.05) is 17.4 Å². The molecule has 1 aromatic carbocycles. The second kappa shape index (κ2) is 9.80. The predicted octanol–water partition coefficient (Wildman–Crippen LogP) is 3.24. The molecule has 1 saturated heterocycles. The monoisotopic (exact) mass is 507 g/mol. The first-order valence-electron chi connectivity index (χ1n) is 9.11. The lowest BCUT2D eigenvalue weighted by molar-refractivity contribution is -0.192. The Hall–Kier alpha value is -1.11. The van der Waals surface area contributed by atoms with Gasteiger partial charge < -0.3 is 15.2 Å². The standard InChI is InChI=1S/C16H21Cl2NO4S.C2HF3O2/c1-24(20,21)23-7-6-22-11-15-9-16(15,4-5-19-10-15)12-2-3-13(17)14(18)8-12;3-2(4,5)1(6)7/h2-3,8,19H,4-7,9-11H2,1H3;(H,6,7). The van der Waals surface area contributed by atoms with Gasteiger partial charge in [-0.15, -0.1) is 0 Å². The number of piperidine rings is 1. The highest BCUT2D eigenvalue weighted by Gasteiger charge is 2.68. The van der Waals surface area contributed by atoms with Gasteiger partial charge in [-0.05, 0) is 37.1 Å². The molecule has 2 fully saturated rings. The van der Waals surface area contributed by atoms with Crippen molar-refractivity contribution in [2.45, 2.75) is 24.4 Å². The number of alkyl halides is 3. The van der Waals surface area contributed by atoms with Crippen LogP contribution in [0.5, 0.6) is 0 Å². The van der Waals surface area contributed by atoms with E-state index < -0.39 is 22.3 Å².